The maximum Gasteiger partial charge on any atom is 0.407 e. The van der Waals surface area contributed by atoms with E-state index in [0.29, 0.717) is 41.2 Å². The summed E-state index contributed by atoms with van der Waals surface area (Å²) in [6.45, 7) is 1.97. The number of aromatic nitrogens is 1. The van der Waals surface area contributed by atoms with Crippen LogP contribution in [0.2, 0.25) is 0 Å². The van der Waals surface area contributed by atoms with Crippen LogP contribution in [0, 0.1) is 18.7 Å². The first-order valence-electron chi connectivity index (χ1n) is 11.5. The largest absolute Gasteiger partial charge is 0.490 e. The number of halogens is 1. The summed E-state index contributed by atoms with van der Waals surface area (Å²) >= 11 is 0. The Kier molecular flexibility index (Phi) is 7.64. The standard InChI is InChI=1S/C26H27FN2O6/c1-16-23(14-28-26(32)33-15-17-5-9-20(27)10-6-17)24(35-29-16)18-7-11-21(12-8-18)34-22-4-2-3-19(13-22)25(30)31/h5-12,19,22H,2-4,13-15H2,1H3,(H,28,32)(H,30,31)/t19-,22-/m1/s1. The van der Waals surface area contributed by atoms with Crippen LogP contribution in [0.1, 0.15) is 42.5 Å². The third-order valence-corrected chi connectivity index (χ3v) is 6.07. The van der Waals surface area contributed by atoms with Gasteiger partial charge in [-0.25, -0.2) is 9.18 Å². The number of ether oxygens (including phenoxy) is 2. The minimum absolute atomic E-state index is 0.0251. The Balaban J connectivity index is 1.34. The molecule has 0 bridgehead atoms. The van der Waals surface area contributed by atoms with Gasteiger partial charge in [0.25, 0.3) is 0 Å². The molecule has 184 valence electrons. The number of nitrogens with zero attached hydrogens (tertiary/aromatic N) is 1. The molecule has 0 unspecified atom stereocenters. The average molecular weight is 483 g/mol. The second-order valence-corrected chi connectivity index (χ2v) is 8.60. The molecule has 1 aliphatic carbocycles. The van der Waals surface area contributed by atoms with E-state index in [0.717, 1.165) is 18.4 Å². The number of rotatable bonds is 8. The number of alkyl carbamates (subject to hydrolysis) is 1. The van der Waals surface area contributed by atoms with Gasteiger partial charge in [-0.15, -0.1) is 0 Å². The second kappa shape index (κ2) is 11.0. The van der Waals surface area contributed by atoms with Gasteiger partial charge in [-0.3, -0.25) is 4.79 Å². The van der Waals surface area contributed by atoms with Gasteiger partial charge < -0.3 is 24.4 Å². The van der Waals surface area contributed by atoms with E-state index in [-0.39, 0.29) is 31.0 Å². The Morgan fingerprint density at radius 2 is 1.89 bits per heavy atom. The van der Waals surface area contributed by atoms with Gasteiger partial charge in [0, 0.05) is 11.1 Å². The van der Waals surface area contributed by atoms with E-state index in [1.807, 2.05) is 24.3 Å². The first kappa shape index (κ1) is 24.3. The monoisotopic (exact) mass is 482 g/mol. The van der Waals surface area contributed by atoms with Crippen LogP contribution in [0.5, 0.6) is 5.75 Å². The molecule has 1 amide bonds. The molecule has 4 rings (SSSR count). The number of carbonyl (C=O) groups excluding carboxylic acids is 1. The van der Waals surface area contributed by atoms with Crippen molar-refractivity contribution in [1.29, 1.82) is 0 Å². The molecule has 0 saturated heterocycles. The third-order valence-electron chi connectivity index (χ3n) is 6.07. The summed E-state index contributed by atoms with van der Waals surface area (Å²) in [5, 5.41) is 16.0. The number of hydrogen-bond donors (Lipinski definition) is 2. The van der Waals surface area contributed by atoms with Crippen LogP contribution in [0.15, 0.2) is 53.1 Å². The molecular weight excluding hydrogens is 455 g/mol. The molecule has 2 atom stereocenters. The van der Waals surface area contributed by atoms with E-state index < -0.39 is 12.1 Å². The Morgan fingerprint density at radius 1 is 1.14 bits per heavy atom. The number of aryl methyl sites for hydroxylation is 1. The SMILES string of the molecule is Cc1noc(-c2ccc(O[C@@H]3CCC[C@@H](C(=O)O)C3)cc2)c1CNC(=O)OCc1ccc(F)cc1. The topological polar surface area (TPSA) is 111 Å². The Morgan fingerprint density at radius 3 is 2.60 bits per heavy atom. The minimum atomic E-state index is -0.769. The van der Waals surface area contributed by atoms with E-state index >= 15 is 0 Å². The fourth-order valence-electron chi connectivity index (χ4n) is 4.12. The van der Waals surface area contributed by atoms with Gasteiger partial charge in [-0.1, -0.05) is 17.3 Å². The highest BCUT2D eigenvalue weighted by atomic mass is 19.1. The molecule has 8 nitrogen and oxygen atoms in total. The van der Waals surface area contributed by atoms with E-state index in [1.165, 1.54) is 12.1 Å². The van der Waals surface area contributed by atoms with Crippen LogP contribution < -0.4 is 10.1 Å². The summed E-state index contributed by atoms with van der Waals surface area (Å²) < 4.78 is 29.7. The van der Waals surface area contributed by atoms with Gasteiger partial charge in [-0.2, -0.15) is 0 Å². The summed E-state index contributed by atoms with van der Waals surface area (Å²) in [4.78, 5) is 23.4. The number of nitrogens with one attached hydrogen (secondary N) is 1. The van der Waals surface area contributed by atoms with E-state index in [1.54, 1.807) is 19.1 Å². The number of carboxylic acids is 1. The predicted octanol–water partition coefficient (Wildman–Crippen LogP) is 5.24. The average Bonchev–Trinajstić information content (AvgIpc) is 3.23. The van der Waals surface area contributed by atoms with Crippen molar-refractivity contribution in [2.75, 3.05) is 0 Å². The van der Waals surface area contributed by atoms with Crippen molar-refractivity contribution in [3.63, 3.8) is 0 Å². The van der Waals surface area contributed by atoms with Gasteiger partial charge in [0.1, 0.15) is 18.2 Å². The highest BCUT2D eigenvalue weighted by Gasteiger charge is 2.28. The fourth-order valence-corrected chi connectivity index (χ4v) is 4.12. The third kappa shape index (κ3) is 6.38. The summed E-state index contributed by atoms with van der Waals surface area (Å²) in [5.41, 5.74) is 2.80. The molecule has 1 aromatic heterocycles. The lowest BCUT2D eigenvalue weighted by molar-refractivity contribution is -0.143. The van der Waals surface area contributed by atoms with E-state index in [2.05, 4.69) is 10.5 Å². The first-order valence-corrected chi connectivity index (χ1v) is 11.5. The van der Waals surface area contributed by atoms with Crippen molar-refractivity contribution in [2.24, 2.45) is 5.92 Å². The van der Waals surface area contributed by atoms with Crippen molar-refractivity contribution >= 4 is 12.1 Å². The lowest BCUT2D eigenvalue weighted by Crippen LogP contribution is -2.29. The second-order valence-electron chi connectivity index (χ2n) is 8.60. The zero-order valence-corrected chi connectivity index (χ0v) is 19.3. The quantitative estimate of drug-likeness (QED) is 0.452. The molecule has 2 aromatic carbocycles. The Hall–Kier alpha value is -3.88. The number of carboxylic acid groups (broad SMARTS) is 1. The van der Waals surface area contributed by atoms with Crippen molar-refractivity contribution < 1.29 is 33.1 Å². The lowest BCUT2D eigenvalue weighted by atomic mass is 9.87. The molecule has 1 fully saturated rings. The first-order chi connectivity index (χ1) is 16.9. The highest BCUT2D eigenvalue weighted by Crippen LogP contribution is 2.31. The Labute approximate surface area is 202 Å². The molecule has 35 heavy (non-hydrogen) atoms. The molecule has 9 heteroatoms. The summed E-state index contributed by atoms with van der Waals surface area (Å²) in [5.74, 6) is -0.298. The summed E-state index contributed by atoms with van der Waals surface area (Å²) in [6.07, 6.45) is 2.13. The van der Waals surface area contributed by atoms with Gasteiger partial charge in [0.15, 0.2) is 5.76 Å². The van der Waals surface area contributed by atoms with Crippen molar-refractivity contribution in [1.82, 2.24) is 10.5 Å². The number of amides is 1. The van der Waals surface area contributed by atoms with Crippen molar-refractivity contribution in [3.8, 4) is 17.1 Å². The zero-order chi connectivity index (χ0) is 24.8. The minimum Gasteiger partial charge on any atom is -0.490 e. The normalized spacial score (nSPS) is 17.5. The van der Waals surface area contributed by atoms with Gasteiger partial charge >= 0.3 is 12.1 Å². The van der Waals surface area contributed by atoms with Crippen LogP contribution in [-0.4, -0.2) is 28.4 Å². The fraction of sp³-hybridized carbons (Fsp3) is 0.346. The molecule has 0 spiro atoms. The van der Waals surface area contributed by atoms with Crippen LogP contribution >= 0.6 is 0 Å². The maximum absolute atomic E-state index is 13.0. The summed E-state index contributed by atoms with van der Waals surface area (Å²) in [6, 6.07) is 13.0. The van der Waals surface area contributed by atoms with Crippen LogP contribution in [0.25, 0.3) is 11.3 Å². The summed E-state index contributed by atoms with van der Waals surface area (Å²) in [7, 11) is 0. The molecule has 1 heterocycles. The van der Waals surface area contributed by atoms with Crippen LogP contribution in [0.4, 0.5) is 9.18 Å². The number of benzene rings is 2. The molecule has 0 radical (unpaired) electrons. The van der Waals surface area contributed by atoms with Crippen molar-refractivity contribution in [3.05, 3.63) is 71.2 Å². The van der Waals surface area contributed by atoms with E-state index in [4.69, 9.17) is 14.0 Å². The van der Waals surface area contributed by atoms with Gasteiger partial charge in [0.05, 0.1) is 24.3 Å². The molecule has 3 aromatic rings. The zero-order valence-electron chi connectivity index (χ0n) is 19.3. The predicted molar refractivity (Wildman–Crippen MR) is 124 cm³/mol. The molecular formula is C26H27FN2O6. The molecule has 1 aliphatic rings. The smallest absolute Gasteiger partial charge is 0.407 e. The lowest BCUT2D eigenvalue weighted by Gasteiger charge is -2.27. The molecule has 2 N–H and O–H groups in total. The van der Waals surface area contributed by atoms with Crippen molar-refractivity contribution in [2.45, 2.75) is 51.9 Å². The maximum atomic E-state index is 13.0. The number of aliphatic carboxylic acids is 1. The highest BCUT2D eigenvalue weighted by molar-refractivity contribution is 5.70. The van der Waals surface area contributed by atoms with E-state index in [9.17, 15) is 19.1 Å². The number of carbonyl (C=O) groups is 2. The van der Waals surface area contributed by atoms with Crippen LogP contribution in [0.3, 0.4) is 0 Å². The van der Waals surface area contributed by atoms with Crippen LogP contribution in [-0.2, 0) is 22.7 Å². The molecule has 1 saturated carbocycles. The molecule has 0 aliphatic heterocycles. The Bertz CT molecular complexity index is 1160. The van der Waals surface area contributed by atoms with Gasteiger partial charge in [0.2, 0.25) is 0 Å². The van der Waals surface area contributed by atoms with Gasteiger partial charge in [-0.05, 0) is 74.6 Å². The number of hydrogen-bond acceptors (Lipinski definition) is 6.